The van der Waals surface area contributed by atoms with E-state index in [9.17, 15) is 4.79 Å². The third-order valence-corrected chi connectivity index (χ3v) is 2.77. The maximum atomic E-state index is 11.7. The Balaban J connectivity index is 2.01. The van der Waals surface area contributed by atoms with E-state index < -0.39 is 0 Å². The quantitative estimate of drug-likeness (QED) is 0.919. The van der Waals surface area contributed by atoms with E-state index in [0.29, 0.717) is 17.5 Å². The maximum absolute atomic E-state index is 11.7. The molecule has 2 aromatic rings. The van der Waals surface area contributed by atoms with Gasteiger partial charge in [0.05, 0.1) is 0 Å². The van der Waals surface area contributed by atoms with Crippen molar-refractivity contribution in [2.45, 2.75) is 6.42 Å². The van der Waals surface area contributed by atoms with Gasteiger partial charge in [-0.25, -0.2) is 4.98 Å². The van der Waals surface area contributed by atoms with Gasteiger partial charge >= 0.3 is 0 Å². The van der Waals surface area contributed by atoms with Crippen LogP contribution in [0.4, 0.5) is 5.82 Å². The van der Waals surface area contributed by atoms with Gasteiger partial charge in [0.25, 0.3) is 5.56 Å². The van der Waals surface area contributed by atoms with E-state index in [1.54, 1.807) is 7.05 Å². The third kappa shape index (κ3) is 3.11. The van der Waals surface area contributed by atoms with E-state index in [1.807, 2.05) is 30.3 Å². The Bertz CT molecular complexity index is 581. The van der Waals surface area contributed by atoms with E-state index in [2.05, 4.69) is 10.3 Å². The van der Waals surface area contributed by atoms with Crippen LogP contribution >= 0.6 is 11.6 Å². The van der Waals surface area contributed by atoms with Gasteiger partial charge < -0.3 is 9.88 Å². The largest absolute Gasteiger partial charge is 0.365 e. The predicted molar refractivity (Wildman–Crippen MR) is 73.1 cm³/mol. The van der Waals surface area contributed by atoms with Crippen molar-refractivity contribution < 1.29 is 0 Å². The molecule has 0 aliphatic rings. The second-order valence-electron chi connectivity index (χ2n) is 3.99. The van der Waals surface area contributed by atoms with Crippen LogP contribution in [0.5, 0.6) is 0 Å². The van der Waals surface area contributed by atoms with Gasteiger partial charge in [-0.2, -0.15) is 0 Å². The highest BCUT2D eigenvalue weighted by molar-refractivity contribution is 6.29. The molecule has 4 nitrogen and oxygen atoms in total. The third-order valence-electron chi connectivity index (χ3n) is 2.59. The monoisotopic (exact) mass is 263 g/mol. The lowest BCUT2D eigenvalue weighted by Gasteiger charge is -2.07. The van der Waals surface area contributed by atoms with Gasteiger partial charge in [-0.05, 0) is 12.0 Å². The van der Waals surface area contributed by atoms with Crippen molar-refractivity contribution in [2.75, 3.05) is 11.9 Å². The first-order valence-electron chi connectivity index (χ1n) is 5.68. The molecule has 0 amide bonds. The SMILES string of the molecule is Cn1cc(Cl)nc(NCCc2ccccc2)c1=O. The number of aromatic nitrogens is 2. The lowest BCUT2D eigenvalue weighted by atomic mass is 10.1. The molecule has 0 atom stereocenters. The molecule has 1 heterocycles. The van der Waals surface area contributed by atoms with Gasteiger partial charge in [0, 0.05) is 19.8 Å². The molecule has 2 rings (SSSR count). The lowest BCUT2D eigenvalue weighted by molar-refractivity contribution is 0.838. The van der Waals surface area contributed by atoms with Gasteiger partial charge in [-0.15, -0.1) is 0 Å². The van der Waals surface area contributed by atoms with Crippen LogP contribution < -0.4 is 10.9 Å². The number of nitrogens with zero attached hydrogens (tertiary/aromatic N) is 2. The molecular weight excluding hydrogens is 250 g/mol. The summed E-state index contributed by atoms with van der Waals surface area (Å²) in [4.78, 5) is 15.7. The molecule has 0 bridgehead atoms. The molecule has 5 heteroatoms. The molecule has 1 N–H and O–H groups in total. The number of nitrogens with one attached hydrogen (secondary N) is 1. The van der Waals surface area contributed by atoms with Gasteiger partial charge in [0.1, 0.15) is 5.15 Å². The molecule has 0 spiro atoms. The number of rotatable bonds is 4. The molecule has 18 heavy (non-hydrogen) atoms. The Kier molecular flexibility index (Phi) is 3.99. The summed E-state index contributed by atoms with van der Waals surface area (Å²) >= 11 is 5.81. The van der Waals surface area contributed by atoms with Crippen LogP contribution in [0.2, 0.25) is 5.15 Å². The van der Waals surface area contributed by atoms with Gasteiger partial charge in [-0.1, -0.05) is 41.9 Å². The first-order chi connectivity index (χ1) is 8.66. The Labute approximate surface area is 110 Å². The zero-order valence-corrected chi connectivity index (χ0v) is 10.8. The fourth-order valence-corrected chi connectivity index (χ4v) is 1.88. The van der Waals surface area contributed by atoms with Crippen molar-refractivity contribution in [2.24, 2.45) is 7.05 Å². The molecule has 0 aliphatic carbocycles. The van der Waals surface area contributed by atoms with Crippen molar-refractivity contribution in [3.8, 4) is 0 Å². The van der Waals surface area contributed by atoms with Crippen molar-refractivity contribution in [1.82, 2.24) is 9.55 Å². The van der Waals surface area contributed by atoms with Crippen molar-refractivity contribution >= 4 is 17.4 Å². The van der Waals surface area contributed by atoms with Crippen LogP contribution in [-0.2, 0) is 13.5 Å². The average molecular weight is 264 g/mol. The van der Waals surface area contributed by atoms with E-state index in [4.69, 9.17) is 11.6 Å². The Morgan fingerprint density at radius 2 is 2.06 bits per heavy atom. The summed E-state index contributed by atoms with van der Waals surface area (Å²) < 4.78 is 1.42. The fourth-order valence-electron chi connectivity index (χ4n) is 1.65. The summed E-state index contributed by atoms with van der Waals surface area (Å²) in [6.45, 7) is 0.645. The molecule has 0 saturated heterocycles. The number of anilines is 1. The molecule has 0 unspecified atom stereocenters. The Hall–Kier alpha value is -1.81. The van der Waals surface area contributed by atoms with Gasteiger partial charge in [-0.3, -0.25) is 4.79 Å². The summed E-state index contributed by atoms with van der Waals surface area (Å²) in [6.07, 6.45) is 2.32. The highest BCUT2D eigenvalue weighted by atomic mass is 35.5. The number of hydrogen-bond donors (Lipinski definition) is 1. The standard InChI is InChI=1S/C13H14ClN3O/c1-17-9-11(14)16-12(13(17)18)15-8-7-10-5-3-2-4-6-10/h2-6,9H,7-8H2,1H3,(H,15,16). The minimum Gasteiger partial charge on any atom is -0.365 e. The second-order valence-corrected chi connectivity index (χ2v) is 4.38. The van der Waals surface area contributed by atoms with Crippen LogP contribution in [0.3, 0.4) is 0 Å². The topological polar surface area (TPSA) is 46.9 Å². The molecule has 0 saturated carbocycles. The average Bonchev–Trinajstić information content (AvgIpc) is 2.36. The highest BCUT2D eigenvalue weighted by Crippen LogP contribution is 2.05. The molecule has 1 aromatic heterocycles. The summed E-state index contributed by atoms with van der Waals surface area (Å²) in [5.41, 5.74) is 1.04. The summed E-state index contributed by atoms with van der Waals surface area (Å²) in [5.74, 6) is 0.293. The smallest absolute Gasteiger partial charge is 0.293 e. The first-order valence-corrected chi connectivity index (χ1v) is 6.05. The van der Waals surface area contributed by atoms with E-state index in [1.165, 1.54) is 16.3 Å². The van der Waals surface area contributed by atoms with E-state index in [-0.39, 0.29) is 5.56 Å². The number of hydrogen-bond acceptors (Lipinski definition) is 3. The Morgan fingerprint density at radius 3 is 2.78 bits per heavy atom. The van der Waals surface area contributed by atoms with E-state index in [0.717, 1.165) is 6.42 Å². The summed E-state index contributed by atoms with van der Waals surface area (Å²) in [6, 6.07) is 10.1. The van der Waals surface area contributed by atoms with Crippen molar-refractivity contribution in [1.29, 1.82) is 0 Å². The lowest BCUT2D eigenvalue weighted by Crippen LogP contribution is -2.23. The number of aryl methyl sites for hydroxylation is 1. The summed E-state index contributed by atoms with van der Waals surface area (Å²) in [5, 5.41) is 3.32. The van der Waals surface area contributed by atoms with Crippen LogP contribution in [0, 0.1) is 0 Å². The highest BCUT2D eigenvalue weighted by Gasteiger charge is 2.04. The minimum atomic E-state index is -0.174. The van der Waals surface area contributed by atoms with E-state index >= 15 is 0 Å². The molecule has 0 radical (unpaired) electrons. The predicted octanol–water partition coefficient (Wildman–Crippen LogP) is 2.09. The molecule has 1 aromatic carbocycles. The zero-order valence-electron chi connectivity index (χ0n) is 10.1. The molecule has 0 aliphatic heterocycles. The molecule has 94 valence electrons. The van der Waals surface area contributed by atoms with Crippen molar-refractivity contribution in [3.63, 3.8) is 0 Å². The van der Waals surface area contributed by atoms with Gasteiger partial charge in [0.15, 0.2) is 5.82 Å². The van der Waals surface area contributed by atoms with Crippen LogP contribution in [0.25, 0.3) is 0 Å². The number of benzene rings is 1. The van der Waals surface area contributed by atoms with Crippen LogP contribution in [0.1, 0.15) is 5.56 Å². The zero-order chi connectivity index (χ0) is 13.0. The first kappa shape index (κ1) is 12.6. The minimum absolute atomic E-state index is 0.174. The van der Waals surface area contributed by atoms with Crippen molar-refractivity contribution in [3.05, 3.63) is 57.6 Å². The maximum Gasteiger partial charge on any atom is 0.293 e. The summed E-state index contributed by atoms with van der Waals surface area (Å²) in [7, 11) is 1.65. The van der Waals surface area contributed by atoms with Gasteiger partial charge in [0.2, 0.25) is 0 Å². The second kappa shape index (κ2) is 5.69. The normalized spacial score (nSPS) is 10.3. The molecular formula is C13H14ClN3O. The van der Waals surface area contributed by atoms with Crippen LogP contribution in [0.15, 0.2) is 41.3 Å². The Morgan fingerprint density at radius 1 is 1.33 bits per heavy atom. The molecule has 0 fully saturated rings. The van der Waals surface area contributed by atoms with Crippen LogP contribution in [-0.4, -0.2) is 16.1 Å². The fraction of sp³-hybridized carbons (Fsp3) is 0.231. The number of halogens is 1.